The number of ether oxygens (including phenoxy) is 3. The van der Waals surface area contributed by atoms with Crippen LogP contribution < -0.4 is 24.4 Å². The van der Waals surface area contributed by atoms with E-state index >= 15 is 0 Å². The number of carbonyl (C=O) groups is 1. The van der Waals surface area contributed by atoms with Gasteiger partial charge in [0.05, 0.1) is 35.6 Å². The number of carbonyl (C=O) groups excluding carboxylic acids is 1. The lowest BCUT2D eigenvalue weighted by Crippen LogP contribution is -2.39. The standard InChI is InChI=1S/C25H22F2N2O5S/c1-4-33-23(31)20-14(2)28-25-29(21(20)16-8-10-17(11-9-16)34-24(26)27)22(30)19(35-25)13-15-6-5-7-18(12-15)32-3/h5-13,21,24H,4H2,1-3H3/b19-13+. The summed E-state index contributed by atoms with van der Waals surface area (Å²) in [5, 5.41) is 0. The maximum Gasteiger partial charge on any atom is 0.387 e. The molecule has 35 heavy (non-hydrogen) atoms. The number of allylic oxidation sites excluding steroid dienone is 1. The van der Waals surface area contributed by atoms with Crippen LogP contribution in [0.5, 0.6) is 11.5 Å². The first-order chi connectivity index (χ1) is 16.8. The summed E-state index contributed by atoms with van der Waals surface area (Å²) >= 11 is 1.19. The second-order valence-corrected chi connectivity index (χ2v) is 8.54. The van der Waals surface area contributed by atoms with Gasteiger partial charge in [-0.25, -0.2) is 9.79 Å². The van der Waals surface area contributed by atoms with Gasteiger partial charge < -0.3 is 14.2 Å². The van der Waals surface area contributed by atoms with Crippen molar-refractivity contribution in [1.29, 1.82) is 0 Å². The molecule has 1 aliphatic rings. The number of benzene rings is 2. The number of thiazole rings is 1. The van der Waals surface area contributed by atoms with Crippen molar-refractivity contribution in [3.05, 3.63) is 90.6 Å². The Bertz CT molecular complexity index is 1460. The largest absolute Gasteiger partial charge is 0.497 e. The van der Waals surface area contributed by atoms with Gasteiger partial charge in [0.25, 0.3) is 5.56 Å². The van der Waals surface area contributed by atoms with Crippen molar-refractivity contribution in [2.24, 2.45) is 4.99 Å². The molecule has 0 bridgehead atoms. The van der Waals surface area contributed by atoms with Gasteiger partial charge in [-0.05, 0) is 55.3 Å². The Balaban J connectivity index is 1.89. The summed E-state index contributed by atoms with van der Waals surface area (Å²) in [5.41, 5.74) is 1.56. The number of hydrogen-bond acceptors (Lipinski definition) is 7. The lowest BCUT2D eigenvalue weighted by molar-refractivity contribution is -0.139. The van der Waals surface area contributed by atoms with Crippen molar-refractivity contribution in [2.75, 3.05) is 13.7 Å². The van der Waals surface area contributed by atoms with Crippen molar-refractivity contribution < 1.29 is 27.8 Å². The van der Waals surface area contributed by atoms with Gasteiger partial charge in [0.15, 0.2) is 4.80 Å². The molecule has 182 valence electrons. The van der Waals surface area contributed by atoms with Crippen molar-refractivity contribution in [3.63, 3.8) is 0 Å². The Hall–Kier alpha value is -3.79. The number of rotatable bonds is 7. The van der Waals surface area contributed by atoms with Crippen LogP contribution >= 0.6 is 11.3 Å². The van der Waals surface area contributed by atoms with E-state index in [1.807, 2.05) is 12.1 Å². The van der Waals surface area contributed by atoms with Crippen LogP contribution in [0.2, 0.25) is 0 Å². The van der Waals surface area contributed by atoms with E-state index < -0.39 is 18.6 Å². The van der Waals surface area contributed by atoms with Gasteiger partial charge >= 0.3 is 12.6 Å². The van der Waals surface area contributed by atoms with Gasteiger partial charge in [0.2, 0.25) is 0 Å². The highest BCUT2D eigenvalue weighted by Gasteiger charge is 2.33. The topological polar surface area (TPSA) is 79.1 Å². The molecule has 0 N–H and O–H groups in total. The molecule has 4 rings (SSSR count). The van der Waals surface area contributed by atoms with Crippen LogP contribution in [0.15, 0.2) is 69.6 Å². The van der Waals surface area contributed by atoms with Crippen LogP contribution in [0, 0.1) is 0 Å². The molecule has 10 heteroatoms. The second kappa shape index (κ2) is 10.2. The fourth-order valence-electron chi connectivity index (χ4n) is 3.82. The van der Waals surface area contributed by atoms with Crippen LogP contribution in [0.4, 0.5) is 8.78 Å². The summed E-state index contributed by atoms with van der Waals surface area (Å²) in [6, 6.07) is 12.2. The number of hydrogen-bond donors (Lipinski definition) is 0. The third-order valence-corrected chi connectivity index (χ3v) is 6.31. The molecule has 0 fully saturated rings. The summed E-state index contributed by atoms with van der Waals surface area (Å²) in [5.74, 6) is 0.0113. The lowest BCUT2D eigenvalue weighted by Gasteiger charge is -2.24. The Kier molecular flexibility index (Phi) is 7.11. The Labute approximate surface area is 203 Å². The van der Waals surface area contributed by atoms with E-state index in [0.717, 1.165) is 5.56 Å². The molecule has 0 saturated carbocycles. The molecular weight excluding hydrogens is 478 g/mol. The molecule has 0 spiro atoms. The van der Waals surface area contributed by atoms with Gasteiger partial charge in [-0.15, -0.1) is 0 Å². The average Bonchev–Trinajstić information content (AvgIpc) is 3.13. The number of alkyl halides is 2. The van der Waals surface area contributed by atoms with Gasteiger partial charge in [-0.2, -0.15) is 8.78 Å². The normalized spacial score (nSPS) is 15.6. The Morgan fingerprint density at radius 3 is 2.60 bits per heavy atom. The smallest absolute Gasteiger partial charge is 0.387 e. The number of esters is 1. The van der Waals surface area contributed by atoms with Crippen LogP contribution in [0.1, 0.15) is 31.0 Å². The maximum absolute atomic E-state index is 13.6. The Morgan fingerprint density at radius 2 is 1.94 bits per heavy atom. The van der Waals surface area contributed by atoms with E-state index in [1.165, 1.54) is 28.0 Å². The SMILES string of the molecule is CCOC(=O)C1=C(C)N=c2s/c(=C/c3cccc(OC)c3)c(=O)n2C1c1ccc(OC(F)F)cc1. The molecule has 1 aromatic heterocycles. The third-order valence-electron chi connectivity index (χ3n) is 5.33. The second-order valence-electron chi connectivity index (χ2n) is 7.53. The zero-order chi connectivity index (χ0) is 25.1. The fourth-order valence-corrected chi connectivity index (χ4v) is 4.87. The molecule has 0 aliphatic carbocycles. The van der Waals surface area contributed by atoms with Crippen molar-refractivity contribution >= 4 is 23.4 Å². The van der Waals surface area contributed by atoms with E-state index in [9.17, 15) is 18.4 Å². The molecule has 0 radical (unpaired) electrons. The zero-order valence-electron chi connectivity index (χ0n) is 19.2. The molecule has 0 saturated heterocycles. The summed E-state index contributed by atoms with van der Waals surface area (Å²) in [4.78, 5) is 31.4. The van der Waals surface area contributed by atoms with Crippen LogP contribution in [0.25, 0.3) is 6.08 Å². The highest BCUT2D eigenvalue weighted by Crippen LogP contribution is 2.31. The number of nitrogens with zero attached hydrogens (tertiary/aromatic N) is 2. The molecular formula is C25H22F2N2O5S. The molecule has 0 amide bonds. The first kappa shape index (κ1) is 24.3. The van der Waals surface area contributed by atoms with E-state index in [0.29, 0.717) is 26.3 Å². The highest BCUT2D eigenvalue weighted by molar-refractivity contribution is 7.07. The number of methoxy groups -OCH3 is 1. The zero-order valence-corrected chi connectivity index (χ0v) is 20.0. The minimum atomic E-state index is -2.97. The molecule has 2 heterocycles. The minimum Gasteiger partial charge on any atom is -0.497 e. The van der Waals surface area contributed by atoms with Crippen molar-refractivity contribution in [1.82, 2.24) is 4.57 Å². The monoisotopic (exact) mass is 500 g/mol. The van der Waals surface area contributed by atoms with Crippen LogP contribution in [-0.2, 0) is 9.53 Å². The number of aromatic nitrogens is 1. The van der Waals surface area contributed by atoms with Crippen LogP contribution in [-0.4, -0.2) is 30.9 Å². The van der Waals surface area contributed by atoms with Crippen molar-refractivity contribution in [3.8, 4) is 11.5 Å². The van der Waals surface area contributed by atoms with Crippen molar-refractivity contribution in [2.45, 2.75) is 26.5 Å². The van der Waals surface area contributed by atoms with Crippen LogP contribution in [0.3, 0.4) is 0 Å². The average molecular weight is 501 g/mol. The molecule has 3 aromatic rings. The summed E-state index contributed by atoms with van der Waals surface area (Å²) in [7, 11) is 1.56. The van der Waals surface area contributed by atoms with Gasteiger partial charge in [-0.1, -0.05) is 35.6 Å². The van der Waals surface area contributed by atoms with E-state index in [4.69, 9.17) is 9.47 Å². The molecule has 1 aliphatic heterocycles. The minimum absolute atomic E-state index is 0.0347. The van der Waals surface area contributed by atoms with Gasteiger partial charge in [0.1, 0.15) is 11.5 Å². The van der Waals surface area contributed by atoms with Gasteiger partial charge in [0, 0.05) is 0 Å². The fraction of sp³-hybridized carbons (Fsp3) is 0.240. The molecule has 7 nitrogen and oxygen atoms in total. The quantitative estimate of drug-likeness (QED) is 0.465. The van der Waals surface area contributed by atoms with E-state index in [1.54, 1.807) is 51.3 Å². The summed E-state index contributed by atoms with van der Waals surface area (Å²) in [6.45, 7) is 0.534. The first-order valence-electron chi connectivity index (χ1n) is 10.7. The Morgan fingerprint density at radius 1 is 1.20 bits per heavy atom. The number of fused-ring (bicyclic) bond motifs is 1. The van der Waals surface area contributed by atoms with Gasteiger partial charge in [-0.3, -0.25) is 9.36 Å². The molecule has 1 atom stereocenters. The maximum atomic E-state index is 13.6. The molecule has 2 aromatic carbocycles. The van der Waals surface area contributed by atoms with E-state index in [2.05, 4.69) is 9.73 Å². The van der Waals surface area contributed by atoms with E-state index in [-0.39, 0.29) is 23.5 Å². The summed E-state index contributed by atoms with van der Waals surface area (Å²) in [6.07, 6.45) is 1.73. The number of halogens is 2. The predicted molar refractivity (Wildman–Crippen MR) is 126 cm³/mol. The molecule has 1 unspecified atom stereocenters. The first-order valence-corrected chi connectivity index (χ1v) is 11.5. The third kappa shape index (κ3) is 5.02. The lowest BCUT2D eigenvalue weighted by atomic mass is 9.96. The highest BCUT2D eigenvalue weighted by atomic mass is 32.1. The predicted octanol–water partition coefficient (Wildman–Crippen LogP) is 3.41. The summed E-state index contributed by atoms with van der Waals surface area (Å²) < 4.78 is 42.0.